The van der Waals surface area contributed by atoms with Gasteiger partial charge in [0.05, 0.1) is 15.4 Å². The maximum atomic E-state index is 6.54. The first-order valence-corrected chi connectivity index (χ1v) is 13.6. The second-order valence-electron chi connectivity index (χ2n) is 7.97. The van der Waals surface area contributed by atoms with Crippen LogP contribution in [-0.2, 0) is 11.2 Å². The SMILES string of the molecule is CCOCCC(Cc1ccccc1)Nc1nc(C)nc2c1c(SC)nn2-c1c(Cl)cc(Cl)cc1Cl. The Labute approximate surface area is 224 Å². The van der Waals surface area contributed by atoms with E-state index in [2.05, 4.69) is 29.6 Å². The predicted octanol–water partition coefficient (Wildman–Crippen LogP) is 7.26. The number of anilines is 1. The molecule has 10 heteroatoms. The third kappa shape index (κ3) is 6.04. The normalized spacial score (nSPS) is 12.3. The standard InChI is InChI=1S/C25H26Cl3N5OS/c1-4-34-11-10-18(12-16-8-6-5-7-9-16)31-23-21-24(30-15(2)29-23)33(32-25(21)35-3)22-19(27)13-17(26)14-20(22)28/h5-9,13-14,18H,4,10-12H2,1-3H3,(H,29,30,31). The number of nitrogens with one attached hydrogen (secondary N) is 1. The summed E-state index contributed by atoms with van der Waals surface area (Å²) in [7, 11) is 0. The van der Waals surface area contributed by atoms with Gasteiger partial charge in [0, 0.05) is 24.3 Å². The molecule has 35 heavy (non-hydrogen) atoms. The van der Waals surface area contributed by atoms with E-state index in [1.54, 1.807) is 16.8 Å². The van der Waals surface area contributed by atoms with Gasteiger partial charge in [-0.15, -0.1) is 11.8 Å². The molecule has 0 saturated carbocycles. The fourth-order valence-electron chi connectivity index (χ4n) is 3.92. The molecule has 1 N–H and O–H groups in total. The number of thioether (sulfide) groups is 1. The molecule has 0 radical (unpaired) electrons. The highest BCUT2D eigenvalue weighted by Crippen LogP contribution is 2.37. The number of halogens is 3. The average Bonchev–Trinajstić information content (AvgIpc) is 3.17. The van der Waals surface area contributed by atoms with Gasteiger partial charge in [-0.1, -0.05) is 65.1 Å². The predicted molar refractivity (Wildman–Crippen MR) is 147 cm³/mol. The van der Waals surface area contributed by atoms with Crippen molar-refractivity contribution in [1.82, 2.24) is 19.7 Å². The van der Waals surface area contributed by atoms with Gasteiger partial charge in [-0.2, -0.15) is 5.10 Å². The summed E-state index contributed by atoms with van der Waals surface area (Å²) in [6.45, 7) is 5.20. The number of nitrogens with zero attached hydrogens (tertiary/aromatic N) is 4. The van der Waals surface area contributed by atoms with Crippen molar-refractivity contribution < 1.29 is 4.74 Å². The Bertz CT molecular complexity index is 1290. The molecule has 4 aromatic rings. The largest absolute Gasteiger partial charge is 0.382 e. The molecule has 0 fully saturated rings. The monoisotopic (exact) mass is 549 g/mol. The zero-order valence-electron chi connectivity index (χ0n) is 19.7. The first-order valence-electron chi connectivity index (χ1n) is 11.3. The third-order valence-electron chi connectivity index (χ3n) is 5.47. The van der Waals surface area contributed by atoms with Crippen molar-refractivity contribution >= 4 is 63.4 Å². The fourth-order valence-corrected chi connectivity index (χ4v) is 5.46. The topological polar surface area (TPSA) is 64.9 Å². The number of ether oxygens (including phenoxy) is 1. The van der Waals surface area contributed by atoms with E-state index in [4.69, 9.17) is 54.6 Å². The van der Waals surface area contributed by atoms with E-state index in [9.17, 15) is 0 Å². The average molecular weight is 551 g/mol. The molecule has 2 heterocycles. The van der Waals surface area contributed by atoms with Gasteiger partial charge in [0.15, 0.2) is 5.65 Å². The van der Waals surface area contributed by atoms with Crippen LogP contribution >= 0.6 is 46.6 Å². The molecule has 0 bridgehead atoms. The van der Waals surface area contributed by atoms with Crippen LogP contribution in [0.3, 0.4) is 0 Å². The van der Waals surface area contributed by atoms with E-state index in [0.29, 0.717) is 45.4 Å². The lowest BCUT2D eigenvalue weighted by molar-refractivity contribution is 0.141. The lowest BCUT2D eigenvalue weighted by atomic mass is 10.0. The zero-order valence-corrected chi connectivity index (χ0v) is 22.8. The summed E-state index contributed by atoms with van der Waals surface area (Å²) < 4.78 is 7.34. The van der Waals surface area contributed by atoms with Crippen LogP contribution in [0.25, 0.3) is 16.7 Å². The summed E-state index contributed by atoms with van der Waals surface area (Å²) in [5.41, 5.74) is 2.40. The summed E-state index contributed by atoms with van der Waals surface area (Å²) >= 11 is 20.7. The number of fused-ring (bicyclic) bond motifs is 1. The van der Waals surface area contributed by atoms with Crippen LogP contribution < -0.4 is 5.32 Å². The van der Waals surface area contributed by atoms with Gasteiger partial charge in [-0.3, -0.25) is 0 Å². The highest BCUT2D eigenvalue weighted by molar-refractivity contribution is 7.98. The van der Waals surface area contributed by atoms with Crippen molar-refractivity contribution in [2.24, 2.45) is 0 Å². The molecule has 0 aliphatic carbocycles. The Morgan fingerprint density at radius 1 is 1.09 bits per heavy atom. The Morgan fingerprint density at radius 3 is 2.46 bits per heavy atom. The number of aryl methyl sites for hydroxylation is 1. The van der Waals surface area contributed by atoms with Crippen molar-refractivity contribution in [2.75, 3.05) is 24.8 Å². The van der Waals surface area contributed by atoms with Gasteiger partial charge in [0.2, 0.25) is 0 Å². The molecule has 4 rings (SSSR count). The van der Waals surface area contributed by atoms with Gasteiger partial charge in [-0.25, -0.2) is 14.6 Å². The van der Waals surface area contributed by atoms with E-state index in [0.717, 1.165) is 29.1 Å². The second kappa shape index (κ2) is 11.8. The number of hydrogen-bond donors (Lipinski definition) is 1. The molecular formula is C25H26Cl3N5OS. The number of hydrogen-bond acceptors (Lipinski definition) is 6. The van der Waals surface area contributed by atoms with Gasteiger partial charge in [-0.05, 0) is 50.6 Å². The molecule has 0 spiro atoms. The Kier molecular flexibility index (Phi) is 8.78. The van der Waals surface area contributed by atoms with Crippen LogP contribution in [-0.4, -0.2) is 45.3 Å². The van der Waals surface area contributed by atoms with Gasteiger partial charge >= 0.3 is 0 Å². The molecular weight excluding hydrogens is 525 g/mol. The van der Waals surface area contributed by atoms with Crippen LogP contribution in [0.4, 0.5) is 5.82 Å². The van der Waals surface area contributed by atoms with E-state index in [1.165, 1.54) is 17.3 Å². The fraction of sp³-hybridized carbons (Fsp3) is 0.320. The zero-order chi connectivity index (χ0) is 24.9. The summed E-state index contributed by atoms with van der Waals surface area (Å²) in [5.74, 6) is 1.33. The number of aromatic nitrogens is 4. The van der Waals surface area contributed by atoms with E-state index in [-0.39, 0.29) is 6.04 Å². The van der Waals surface area contributed by atoms with E-state index >= 15 is 0 Å². The minimum absolute atomic E-state index is 0.0993. The Morgan fingerprint density at radius 2 is 1.80 bits per heavy atom. The van der Waals surface area contributed by atoms with Crippen molar-refractivity contribution in [3.63, 3.8) is 0 Å². The molecule has 0 aliphatic heterocycles. The first kappa shape index (κ1) is 26.0. The van der Waals surface area contributed by atoms with Crippen LogP contribution in [0.15, 0.2) is 47.5 Å². The van der Waals surface area contributed by atoms with E-state index in [1.807, 2.05) is 26.2 Å². The Balaban J connectivity index is 1.80. The van der Waals surface area contributed by atoms with Crippen molar-refractivity contribution in [2.45, 2.75) is 37.8 Å². The molecule has 2 aromatic heterocycles. The minimum atomic E-state index is 0.0993. The lowest BCUT2D eigenvalue weighted by Gasteiger charge is -2.20. The second-order valence-corrected chi connectivity index (χ2v) is 10.0. The van der Waals surface area contributed by atoms with Crippen LogP contribution in [0.5, 0.6) is 0 Å². The highest BCUT2D eigenvalue weighted by atomic mass is 35.5. The molecule has 2 aromatic carbocycles. The first-order chi connectivity index (χ1) is 16.9. The third-order valence-corrected chi connectivity index (χ3v) is 6.94. The number of rotatable bonds is 10. The molecule has 0 saturated heterocycles. The van der Waals surface area contributed by atoms with Crippen molar-refractivity contribution in [3.8, 4) is 5.69 Å². The summed E-state index contributed by atoms with van der Waals surface area (Å²) in [6, 6.07) is 13.8. The minimum Gasteiger partial charge on any atom is -0.382 e. The maximum Gasteiger partial charge on any atom is 0.170 e. The molecule has 6 nitrogen and oxygen atoms in total. The van der Waals surface area contributed by atoms with Gasteiger partial charge < -0.3 is 10.1 Å². The highest BCUT2D eigenvalue weighted by Gasteiger charge is 2.23. The van der Waals surface area contributed by atoms with Crippen molar-refractivity contribution in [1.29, 1.82) is 0 Å². The van der Waals surface area contributed by atoms with Gasteiger partial charge in [0.1, 0.15) is 22.4 Å². The smallest absolute Gasteiger partial charge is 0.170 e. The van der Waals surface area contributed by atoms with Crippen LogP contribution in [0.2, 0.25) is 15.1 Å². The lowest BCUT2D eigenvalue weighted by Crippen LogP contribution is -2.25. The van der Waals surface area contributed by atoms with Crippen molar-refractivity contribution in [3.05, 3.63) is 68.9 Å². The molecule has 0 aliphatic rings. The Hall–Kier alpha value is -2.03. The van der Waals surface area contributed by atoms with E-state index < -0.39 is 0 Å². The quantitative estimate of drug-likeness (QED) is 0.166. The molecule has 0 amide bonds. The summed E-state index contributed by atoms with van der Waals surface area (Å²) in [5, 5.41) is 11.3. The number of benzene rings is 2. The molecule has 184 valence electrons. The molecule has 1 atom stereocenters. The summed E-state index contributed by atoms with van der Waals surface area (Å²) in [4.78, 5) is 9.48. The summed E-state index contributed by atoms with van der Waals surface area (Å²) in [6.07, 6.45) is 3.62. The molecule has 1 unspecified atom stereocenters. The van der Waals surface area contributed by atoms with Gasteiger partial charge in [0.25, 0.3) is 0 Å². The van der Waals surface area contributed by atoms with Crippen LogP contribution in [0.1, 0.15) is 24.7 Å². The van der Waals surface area contributed by atoms with Crippen LogP contribution in [0, 0.1) is 6.92 Å². The maximum absolute atomic E-state index is 6.54.